The molecule has 0 spiro atoms. The maximum absolute atomic E-state index is 10.8. The van der Waals surface area contributed by atoms with Crippen molar-refractivity contribution in [3.63, 3.8) is 0 Å². The van der Waals surface area contributed by atoms with Gasteiger partial charge in [0.1, 0.15) is 5.75 Å². The van der Waals surface area contributed by atoms with Crippen LogP contribution >= 0.6 is 0 Å². The topological polar surface area (TPSA) is 41.5 Å². The number of aryl methyl sites for hydroxylation is 1. The molecule has 94 valence electrons. The minimum atomic E-state index is -0.681. The molecule has 1 atom stereocenters. The van der Waals surface area contributed by atoms with Crippen molar-refractivity contribution in [1.82, 2.24) is 5.32 Å². The number of methoxy groups -OCH3 is 1. The van der Waals surface area contributed by atoms with Crippen LogP contribution in [0.3, 0.4) is 0 Å². The van der Waals surface area contributed by atoms with Gasteiger partial charge in [-0.05, 0) is 62.5 Å². The summed E-state index contributed by atoms with van der Waals surface area (Å²) in [4.78, 5) is 0. The van der Waals surface area contributed by atoms with E-state index in [0.29, 0.717) is 0 Å². The van der Waals surface area contributed by atoms with Gasteiger partial charge in [-0.15, -0.1) is 0 Å². The van der Waals surface area contributed by atoms with E-state index in [9.17, 15) is 5.11 Å². The molecule has 1 aromatic carbocycles. The third-order valence-corrected chi connectivity index (χ3v) is 3.59. The molecule has 1 fully saturated rings. The van der Waals surface area contributed by atoms with E-state index in [2.05, 4.69) is 5.32 Å². The van der Waals surface area contributed by atoms with Crippen molar-refractivity contribution in [1.29, 1.82) is 0 Å². The van der Waals surface area contributed by atoms with Crippen LogP contribution in [-0.4, -0.2) is 25.3 Å². The summed E-state index contributed by atoms with van der Waals surface area (Å²) in [7, 11) is 1.67. The monoisotopic (exact) mass is 235 g/mol. The number of nitrogens with one attached hydrogen (secondary N) is 1. The van der Waals surface area contributed by atoms with E-state index in [1.54, 1.807) is 7.11 Å². The molecule has 1 saturated heterocycles. The number of benzene rings is 1. The Hall–Kier alpha value is -1.06. The predicted molar refractivity (Wildman–Crippen MR) is 68.3 cm³/mol. The highest BCUT2D eigenvalue weighted by Gasteiger charge is 2.31. The molecule has 1 aliphatic rings. The van der Waals surface area contributed by atoms with Gasteiger partial charge in [0.25, 0.3) is 0 Å². The third kappa shape index (κ3) is 2.61. The van der Waals surface area contributed by atoms with Gasteiger partial charge in [-0.3, -0.25) is 0 Å². The Labute approximate surface area is 103 Å². The van der Waals surface area contributed by atoms with Crippen molar-refractivity contribution >= 4 is 0 Å². The molecule has 1 aliphatic heterocycles. The molecule has 3 nitrogen and oxygen atoms in total. The van der Waals surface area contributed by atoms with Crippen molar-refractivity contribution in [2.24, 2.45) is 0 Å². The molecule has 2 rings (SSSR count). The average molecular weight is 235 g/mol. The van der Waals surface area contributed by atoms with Gasteiger partial charge in [-0.2, -0.15) is 0 Å². The normalized spacial score (nSPS) is 25.4. The second kappa shape index (κ2) is 5.07. The smallest absolute Gasteiger partial charge is 0.119 e. The number of aliphatic hydroxyl groups is 1. The second-order valence-electron chi connectivity index (χ2n) is 4.82. The first-order chi connectivity index (χ1) is 8.15. The average Bonchev–Trinajstić information content (AvgIpc) is 2.54. The van der Waals surface area contributed by atoms with E-state index in [4.69, 9.17) is 4.74 Å². The summed E-state index contributed by atoms with van der Waals surface area (Å²) in [5.74, 6) is 0.849. The fourth-order valence-corrected chi connectivity index (χ4v) is 2.61. The lowest BCUT2D eigenvalue weighted by Crippen LogP contribution is -2.28. The summed E-state index contributed by atoms with van der Waals surface area (Å²) >= 11 is 0. The van der Waals surface area contributed by atoms with E-state index >= 15 is 0 Å². The SMILES string of the molecule is COc1ccc(C2(O)CCCNCC2)c(C)c1. The quantitative estimate of drug-likeness (QED) is 0.823. The molecule has 3 heteroatoms. The zero-order chi connectivity index (χ0) is 12.3. The lowest BCUT2D eigenvalue weighted by molar-refractivity contribution is 0.0234. The standard InChI is InChI=1S/C14H21NO2/c1-11-10-12(17-2)4-5-13(11)14(16)6-3-8-15-9-7-14/h4-5,10,15-16H,3,6-9H2,1-2H3. The maximum atomic E-state index is 10.8. The van der Waals surface area contributed by atoms with Crippen molar-refractivity contribution in [3.05, 3.63) is 29.3 Å². The summed E-state index contributed by atoms with van der Waals surface area (Å²) in [6.45, 7) is 3.91. The summed E-state index contributed by atoms with van der Waals surface area (Å²) < 4.78 is 5.20. The van der Waals surface area contributed by atoms with Crippen LogP contribution in [0, 0.1) is 6.92 Å². The van der Waals surface area contributed by atoms with Crippen molar-refractivity contribution in [3.8, 4) is 5.75 Å². The van der Waals surface area contributed by atoms with E-state index in [0.717, 1.165) is 49.2 Å². The number of rotatable bonds is 2. The zero-order valence-electron chi connectivity index (χ0n) is 10.6. The minimum Gasteiger partial charge on any atom is -0.497 e. The first-order valence-electron chi connectivity index (χ1n) is 6.24. The predicted octanol–water partition coefficient (Wildman–Crippen LogP) is 1.96. The first kappa shape index (κ1) is 12.4. The fourth-order valence-electron chi connectivity index (χ4n) is 2.61. The molecule has 1 aromatic rings. The van der Waals surface area contributed by atoms with Crippen LogP contribution in [0.2, 0.25) is 0 Å². The Balaban J connectivity index is 2.31. The van der Waals surface area contributed by atoms with Gasteiger partial charge in [-0.1, -0.05) is 6.07 Å². The fraction of sp³-hybridized carbons (Fsp3) is 0.571. The van der Waals surface area contributed by atoms with Gasteiger partial charge in [0.2, 0.25) is 0 Å². The summed E-state index contributed by atoms with van der Waals surface area (Å²) in [6.07, 6.45) is 2.62. The van der Waals surface area contributed by atoms with Crippen LogP contribution in [0.15, 0.2) is 18.2 Å². The Morgan fingerprint density at radius 2 is 2.12 bits per heavy atom. The molecular formula is C14H21NO2. The summed E-state index contributed by atoms with van der Waals surface area (Å²) in [5.41, 5.74) is 1.47. The van der Waals surface area contributed by atoms with Crippen molar-refractivity contribution in [2.75, 3.05) is 20.2 Å². The molecular weight excluding hydrogens is 214 g/mol. The van der Waals surface area contributed by atoms with Crippen LogP contribution in [-0.2, 0) is 5.60 Å². The highest BCUT2D eigenvalue weighted by molar-refractivity contribution is 5.38. The van der Waals surface area contributed by atoms with Crippen LogP contribution < -0.4 is 10.1 Å². The number of hydrogen-bond donors (Lipinski definition) is 2. The Kier molecular flexibility index (Phi) is 3.69. The second-order valence-corrected chi connectivity index (χ2v) is 4.82. The van der Waals surface area contributed by atoms with Crippen LogP contribution in [0.25, 0.3) is 0 Å². The third-order valence-electron chi connectivity index (χ3n) is 3.59. The molecule has 0 aliphatic carbocycles. The maximum Gasteiger partial charge on any atom is 0.119 e. The van der Waals surface area contributed by atoms with Crippen molar-refractivity contribution < 1.29 is 9.84 Å². The van der Waals surface area contributed by atoms with E-state index < -0.39 is 5.60 Å². The largest absolute Gasteiger partial charge is 0.497 e. The van der Waals surface area contributed by atoms with Gasteiger partial charge in [0.15, 0.2) is 0 Å². The molecule has 0 aromatic heterocycles. The first-order valence-corrected chi connectivity index (χ1v) is 6.24. The molecule has 1 unspecified atom stereocenters. The van der Waals surface area contributed by atoms with Gasteiger partial charge < -0.3 is 15.2 Å². The highest BCUT2D eigenvalue weighted by atomic mass is 16.5. The van der Waals surface area contributed by atoms with E-state index in [1.165, 1.54) is 0 Å². The van der Waals surface area contributed by atoms with E-state index in [1.807, 2.05) is 25.1 Å². The molecule has 0 amide bonds. The summed E-state index contributed by atoms with van der Waals surface area (Å²) in [5, 5.41) is 14.1. The minimum absolute atomic E-state index is 0.681. The zero-order valence-corrected chi connectivity index (χ0v) is 10.6. The molecule has 0 saturated carbocycles. The van der Waals surface area contributed by atoms with E-state index in [-0.39, 0.29) is 0 Å². The van der Waals surface area contributed by atoms with Gasteiger partial charge in [0.05, 0.1) is 12.7 Å². The molecule has 1 heterocycles. The highest BCUT2D eigenvalue weighted by Crippen LogP contribution is 2.34. The molecule has 0 bridgehead atoms. The Morgan fingerprint density at radius 1 is 1.29 bits per heavy atom. The van der Waals surface area contributed by atoms with Crippen molar-refractivity contribution in [2.45, 2.75) is 31.8 Å². The van der Waals surface area contributed by atoms with Gasteiger partial charge in [0, 0.05) is 0 Å². The number of ether oxygens (including phenoxy) is 1. The Bertz CT molecular complexity index is 382. The molecule has 17 heavy (non-hydrogen) atoms. The molecule has 2 N–H and O–H groups in total. The van der Waals surface area contributed by atoms with Crippen LogP contribution in [0.1, 0.15) is 30.4 Å². The lowest BCUT2D eigenvalue weighted by atomic mass is 9.84. The van der Waals surface area contributed by atoms with Gasteiger partial charge >= 0.3 is 0 Å². The van der Waals surface area contributed by atoms with Crippen LogP contribution in [0.4, 0.5) is 0 Å². The number of hydrogen-bond acceptors (Lipinski definition) is 3. The van der Waals surface area contributed by atoms with Crippen LogP contribution in [0.5, 0.6) is 5.75 Å². The summed E-state index contributed by atoms with van der Waals surface area (Å²) in [6, 6.07) is 5.92. The molecule has 0 radical (unpaired) electrons. The lowest BCUT2D eigenvalue weighted by Gasteiger charge is -2.28. The van der Waals surface area contributed by atoms with Gasteiger partial charge in [-0.25, -0.2) is 0 Å². The Morgan fingerprint density at radius 3 is 2.82 bits per heavy atom.